The monoisotopic (exact) mass is 294 g/mol. The van der Waals surface area contributed by atoms with Crippen molar-refractivity contribution in [1.82, 2.24) is 0 Å². The molecular weight excluding hydrogens is 281 g/mol. The molecule has 0 bridgehead atoms. The number of para-hydroxylation sites is 1. The van der Waals surface area contributed by atoms with Gasteiger partial charge in [0.2, 0.25) is 0 Å². The first kappa shape index (κ1) is 15.1. The highest BCUT2D eigenvalue weighted by atomic mass is 19.4. The van der Waals surface area contributed by atoms with E-state index in [9.17, 15) is 18.0 Å². The van der Waals surface area contributed by atoms with Crippen LogP contribution in [0.1, 0.15) is 23.2 Å². The molecule has 2 rings (SSSR count). The van der Waals surface area contributed by atoms with Crippen molar-refractivity contribution in [2.75, 3.05) is 0 Å². The van der Waals surface area contributed by atoms with Gasteiger partial charge in [0.15, 0.2) is 5.78 Å². The molecule has 0 aliphatic rings. The first-order valence-corrected chi connectivity index (χ1v) is 6.37. The van der Waals surface area contributed by atoms with Crippen molar-refractivity contribution in [2.45, 2.75) is 19.0 Å². The van der Waals surface area contributed by atoms with Crippen LogP contribution in [0, 0.1) is 0 Å². The van der Waals surface area contributed by atoms with E-state index in [0.29, 0.717) is 11.5 Å². The van der Waals surface area contributed by atoms with Gasteiger partial charge in [-0.05, 0) is 36.4 Å². The number of benzene rings is 2. The molecule has 0 atom stereocenters. The number of ketones is 1. The molecule has 0 saturated heterocycles. The first-order chi connectivity index (χ1) is 9.94. The highest BCUT2D eigenvalue weighted by molar-refractivity contribution is 5.96. The van der Waals surface area contributed by atoms with Gasteiger partial charge >= 0.3 is 6.18 Å². The van der Waals surface area contributed by atoms with Gasteiger partial charge in [0.1, 0.15) is 11.5 Å². The van der Waals surface area contributed by atoms with E-state index < -0.39 is 24.8 Å². The van der Waals surface area contributed by atoms with Crippen molar-refractivity contribution in [3.8, 4) is 11.5 Å². The molecule has 0 aliphatic heterocycles. The van der Waals surface area contributed by atoms with Crippen molar-refractivity contribution in [1.29, 1.82) is 0 Å². The Morgan fingerprint density at radius 1 is 0.905 bits per heavy atom. The van der Waals surface area contributed by atoms with Crippen molar-refractivity contribution < 1.29 is 22.7 Å². The standard InChI is InChI=1S/C16H13F3O2/c17-16(18,19)11-10-15(20)12-6-8-14(9-7-12)21-13-4-2-1-3-5-13/h1-9H,10-11H2. The summed E-state index contributed by atoms with van der Waals surface area (Å²) in [5.41, 5.74) is 0.250. The Balaban J connectivity index is 1.97. The van der Waals surface area contributed by atoms with Crippen LogP contribution >= 0.6 is 0 Å². The lowest BCUT2D eigenvalue weighted by atomic mass is 10.1. The van der Waals surface area contributed by atoms with Crippen LogP contribution in [0.15, 0.2) is 54.6 Å². The fourth-order valence-corrected chi connectivity index (χ4v) is 1.73. The van der Waals surface area contributed by atoms with E-state index in [1.54, 1.807) is 24.3 Å². The predicted octanol–water partition coefficient (Wildman–Crippen LogP) is 5.00. The highest BCUT2D eigenvalue weighted by Crippen LogP contribution is 2.24. The Morgan fingerprint density at radius 2 is 1.48 bits per heavy atom. The van der Waals surface area contributed by atoms with Crippen molar-refractivity contribution in [3.63, 3.8) is 0 Å². The number of carbonyl (C=O) groups is 1. The molecule has 0 saturated carbocycles. The highest BCUT2D eigenvalue weighted by Gasteiger charge is 2.28. The van der Waals surface area contributed by atoms with Gasteiger partial charge in [-0.2, -0.15) is 13.2 Å². The predicted molar refractivity (Wildman–Crippen MR) is 72.6 cm³/mol. The van der Waals surface area contributed by atoms with Gasteiger partial charge in [0, 0.05) is 12.0 Å². The van der Waals surface area contributed by atoms with Crippen LogP contribution in [0.25, 0.3) is 0 Å². The summed E-state index contributed by atoms with van der Waals surface area (Å²) < 4.78 is 41.7. The zero-order valence-electron chi connectivity index (χ0n) is 11.1. The minimum Gasteiger partial charge on any atom is -0.457 e. The molecule has 21 heavy (non-hydrogen) atoms. The third-order valence-electron chi connectivity index (χ3n) is 2.79. The van der Waals surface area contributed by atoms with Crippen LogP contribution < -0.4 is 4.74 Å². The zero-order valence-corrected chi connectivity index (χ0v) is 11.1. The largest absolute Gasteiger partial charge is 0.457 e. The zero-order chi connectivity index (χ0) is 15.3. The third kappa shape index (κ3) is 4.95. The second-order valence-corrected chi connectivity index (χ2v) is 4.48. The number of ether oxygens (including phenoxy) is 1. The SMILES string of the molecule is O=C(CCC(F)(F)F)c1ccc(Oc2ccccc2)cc1. The molecular formula is C16H13F3O2. The quantitative estimate of drug-likeness (QED) is 0.725. The van der Waals surface area contributed by atoms with E-state index in [4.69, 9.17) is 4.74 Å². The van der Waals surface area contributed by atoms with Crippen LogP contribution in [0.2, 0.25) is 0 Å². The van der Waals surface area contributed by atoms with Gasteiger partial charge in [-0.15, -0.1) is 0 Å². The molecule has 0 fully saturated rings. The number of Topliss-reactive ketones (excluding diaryl/α,β-unsaturated/α-hetero) is 1. The smallest absolute Gasteiger partial charge is 0.389 e. The average molecular weight is 294 g/mol. The van der Waals surface area contributed by atoms with E-state index >= 15 is 0 Å². The van der Waals surface area contributed by atoms with Crippen LogP contribution in [0.5, 0.6) is 11.5 Å². The summed E-state index contributed by atoms with van der Waals surface area (Å²) in [7, 11) is 0. The molecule has 0 amide bonds. The summed E-state index contributed by atoms with van der Waals surface area (Å²) in [5.74, 6) is 0.640. The van der Waals surface area contributed by atoms with Crippen LogP contribution in [-0.4, -0.2) is 12.0 Å². The summed E-state index contributed by atoms with van der Waals surface area (Å²) in [4.78, 5) is 11.6. The molecule has 2 nitrogen and oxygen atoms in total. The molecule has 2 aromatic rings. The summed E-state index contributed by atoms with van der Waals surface area (Å²) in [6.07, 6.45) is -5.96. The van der Waals surface area contributed by atoms with Gasteiger partial charge < -0.3 is 4.74 Å². The molecule has 2 aromatic carbocycles. The van der Waals surface area contributed by atoms with E-state index in [1.165, 1.54) is 12.1 Å². The summed E-state index contributed by atoms with van der Waals surface area (Å²) in [6, 6.07) is 15.1. The number of rotatable bonds is 5. The van der Waals surface area contributed by atoms with Gasteiger partial charge in [-0.1, -0.05) is 18.2 Å². The fraction of sp³-hybridized carbons (Fsp3) is 0.188. The van der Waals surface area contributed by atoms with Gasteiger partial charge in [0.05, 0.1) is 6.42 Å². The fourth-order valence-electron chi connectivity index (χ4n) is 1.73. The minimum absolute atomic E-state index is 0.250. The normalized spacial score (nSPS) is 11.2. The molecule has 0 aliphatic carbocycles. The van der Waals surface area contributed by atoms with Crippen LogP contribution in [0.3, 0.4) is 0 Å². The molecule has 0 N–H and O–H groups in total. The third-order valence-corrected chi connectivity index (χ3v) is 2.79. The second kappa shape index (κ2) is 6.43. The summed E-state index contributed by atoms with van der Waals surface area (Å²) in [5, 5.41) is 0. The molecule has 0 heterocycles. The number of carbonyl (C=O) groups excluding carboxylic acids is 1. The lowest BCUT2D eigenvalue weighted by Crippen LogP contribution is -2.10. The first-order valence-electron chi connectivity index (χ1n) is 6.37. The van der Waals surface area contributed by atoms with Crippen LogP contribution in [-0.2, 0) is 0 Å². The lowest BCUT2D eigenvalue weighted by molar-refractivity contribution is -0.133. The average Bonchev–Trinajstić information content (AvgIpc) is 2.46. The maximum absolute atomic E-state index is 12.1. The topological polar surface area (TPSA) is 26.3 Å². The Bertz CT molecular complexity index is 589. The number of hydrogen-bond donors (Lipinski definition) is 0. The van der Waals surface area contributed by atoms with Crippen molar-refractivity contribution in [2.24, 2.45) is 0 Å². The van der Waals surface area contributed by atoms with E-state index in [1.807, 2.05) is 18.2 Å². The Morgan fingerprint density at radius 3 is 2.05 bits per heavy atom. The molecule has 0 unspecified atom stereocenters. The molecule has 0 spiro atoms. The molecule has 0 aromatic heterocycles. The van der Waals surface area contributed by atoms with Crippen molar-refractivity contribution in [3.05, 3.63) is 60.2 Å². The number of halogens is 3. The molecule has 110 valence electrons. The maximum atomic E-state index is 12.1. The molecule has 0 radical (unpaired) electrons. The summed E-state index contributed by atoms with van der Waals surface area (Å²) in [6.45, 7) is 0. The minimum atomic E-state index is -4.31. The second-order valence-electron chi connectivity index (χ2n) is 4.48. The number of hydrogen-bond acceptors (Lipinski definition) is 2. The van der Waals surface area contributed by atoms with E-state index in [2.05, 4.69) is 0 Å². The van der Waals surface area contributed by atoms with E-state index in [0.717, 1.165) is 0 Å². The van der Waals surface area contributed by atoms with E-state index in [-0.39, 0.29) is 5.56 Å². The van der Waals surface area contributed by atoms with Crippen molar-refractivity contribution >= 4 is 5.78 Å². The van der Waals surface area contributed by atoms with Gasteiger partial charge in [-0.3, -0.25) is 4.79 Å². The Kier molecular flexibility index (Phi) is 4.62. The Labute approximate surface area is 120 Å². The van der Waals surface area contributed by atoms with Gasteiger partial charge in [-0.25, -0.2) is 0 Å². The van der Waals surface area contributed by atoms with Gasteiger partial charge in [0.25, 0.3) is 0 Å². The molecule has 5 heteroatoms. The summed E-state index contributed by atoms with van der Waals surface area (Å²) >= 11 is 0. The van der Waals surface area contributed by atoms with Crippen LogP contribution in [0.4, 0.5) is 13.2 Å². The number of alkyl halides is 3. The maximum Gasteiger partial charge on any atom is 0.389 e. The lowest BCUT2D eigenvalue weighted by Gasteiger charge is -2.07. The Hall–Kier alpha value is -2.30.